The van der Waals surface area contributed by atoms with E-state index in [-0.39, 0.29) is 23.6 Å². The van der Waals surface area contributed by atoms with Crippen molar-refractivity contribution < 1.29 is 9.53 Å². The van der Waals surface area contributed by atoms with Gasteiger partial charge in [-0.3, -0.25) is 9.59 Å². The highest BCUT2D eigenvalue weighted by atomic mass is 35.5. The van der Waals surface area contributed by atoms with Crippen molar-refractivity contribution >= 4 is 28.5 Å². The van der Waals surface area contributed by atoms with Gasteiger partial charge in [-0.25, -0.2) is 4.68 Å². The number of amides is 1. The lowest BCUT2D eigenvalue weighted by molar-refractivity contribution is 0.0597. The van der Waals surface area contributed by atoms with E-state index < -0.39 is 0 Å². The van der Waals surface area contributed by atoms with Gasteiger partial charge in [0.15, 0.2) is 0 Å². The molecule has 7 nitrogen and oxygen atoms in total. The highest BCUT2D eigenvalue weighted by molar-refractivity contribution is 6.30. The first kappa shape index (κ1) is 20.5. The zero-order valence-corrected chi connectivity index (χ0v) is 18.1. The largest absolute Gasteiger partial charge is 0.490 e. The predicted molar refractivity (Wildman–Crippen MR) is 116 cm³/mol. The number of carbonyl (C=O) groups is 1. The van der Waals surface area contributed by atoms with Gasteiger partial charge in [-0.05, 0) is 45.0 Å². The Bertz CT molecular complexity index is 1130. The van der Waals surface area contributed by atoms with Crippen molar-refractivity contribution in [2.45, 2.75) is 45.8 Å². The molecule has 0 atom stereocenters. The van der Waals surface area contributed by atoms with Crippen molar-refractivity contribution in [1.29, 1.82) is 0 Å². The normalized spacial score (nSPS) is 15.2. The highest BCUT2D eigenvalue weighted by Crippen LogP contribution is 2.26. The van der Waals surface area contributed by atoms with E-state index >= 15 is 0 Å². The van der Waals surface area contributed by atoms with Crippen molar-refractivity contribution in [2.75, 3.05) is 13.1 Å². The fraction of sp³-hybridized carbons (Fsp3) is 0.409. The molecule has 3 heterocycles. The van der Waals surface area contributed by atoms with Crippen LogP contribution in [-0.2, 0) is 0 Å². The minimum Gasteiger partial charge on any atom is -0.490 e. The number of pyridine rings is 1. The lowest BCUT2D eigenvalue weighted by Crippen LogP contribution is -2.42. The summed E-state index contributed by atoms with van der Waals surface area (Å²) in [6.07, 6.45) is 1.50. The van der Waals surface area contributed by atoms with Crippen LogP contribution in [0.15, 0.2) is 35.1 Å². The molecule has 158 valence electrons. The fourth-order valence-corrected chi connectivity index (χ4v) is 4.07. The summed E-state index contributed by atoms with van der Waals surface area (Å²) in [4.78, 5) is 30.2. The topological polar surface area (TPSA) is 80.2 Å². The standard InChI is InChI=1S/C22H25ClN4O3/c1-13(2)27-21-20(14(3)25-27)18(12-19(28)24-21)22(29)26-10-8-17(9-11-26)30-16-6-4-15(23)5-7-16/h4-7,12-13,17H,8-11H2,1-3H3,(H,24,28). The molecule has 1 aliphatic rings. The third kappa shape index (κ3) is 3.94. The van der Waals surface area contributed by atoms with Gasteiger partial charge in [-0.1, -0.05) is 11.6 Å². The van der Waals surface area contributed by atoms with Gasteiger partial charge in [0.1, 0.15) is 17.5 Å². The number of piperidine rings is 1. The molecule has 30 heavy (non-hydrogen) atoms. The average Bonchev–Trinajstić information content (AvgIpc) is 3.06. The maximum Gasteiger partial charge on any atom is 0.254 e. The molecule has 1 fully saturated rings. The molecule has 4 rings (SSSR count). The molecule has 0 unspecified atom stereocenters. The molecule has 2 aromatic heterocycles. The Morgan fingerprint density at radius 2 is 1.90 bits per heavy atom. The second kappa shape index (κ2) is 8.14. The number of likely N-dealkylation sites (tertiary alicyclic amines) is 1. The molecule has 1 saturated heterocycles. The number of nitrogens with zero attached hydrogens (tertiary/aromatic N) is 3. The van der Waals surface area contributed by atoms with Gasteiger partial charge < -0.3 is 14.6 Å². The van der Waals surface area contributed by atoms with Crippen molar-refractivity contribution in [3.05, 3.63) is 57.0 Å². The molecule has 0 radical (unpaired) electrons. The number of benzene rings is 1. The lowest BCUT2D eigenvalue weighted by atomic mass is 10.0. The molecular formula is C22H25ClN4O3. The van der Waals surface area contributed by atoms with E-state index in [0.717, 1.165) is 24.3 Å². The van der Waals surface area contributed by atoms with Crippen LogP contribution in [0, 0.1) is 6.92 Å². The monoisotopic (exact) mass is 428 g/mol. The van der Waals surface area contributed by atoms with Crippen LogP contribution in [0.25, 0.3) is 11.0 Å². The van der Waals surface area contributed by atoms with Crippen molar-refractivity contribution in [3.63, 3.8) is 0 Å². The second-order valence-electron chi connectivity index (χ2n) is 7.96. The number of ether oxygens (including phenoxy) is 1. The molecule has 0 spiro atoms. The van der Waals surface area contributed by atoms with Crippen LogP contribution in [0.3, 0.4) is 0 Å². The summed E-state index contributed by atoms with van der Waals surface area (Å²) in [5.74, 6) is 0.639. The fourth-order valence-electron chi connectivity index (χ4n) is 3.94. The van der Waals surface area contributed by atoms with E-state index in [4.69, 9.17) is 16.3 Å². The zero-order valence-electron chi connectivity index (χ0n) is 17.3. The maximum absolute atomic E-state index is 13.3. The van der Waals surface area contributed by atoms with Crippen LogP contribution in [-0.4, -0.2) is 44.8 Å². The third-order valence-corrected chi connectivity index (χ3v) is 5.69. The van der Waals surface area contributed by atoms with Crippen LogP contribution < -0.4 is 10.3 Å². The van der Waals surface area contributed by atoms with E-state index in [2.05, 4.69) is 10.1 Å². The number of rotatable bonds is 4. The third-order valence-electron chi connectivity index (χ3n) is 5.44. The van der Waals surface area contributed by atoms with Gasteiger partial charge in [-0.15, -0.1) is 0 Å². The van der Waals surface area contributed by atoms with Crippen LogP contribution in [0.2, 0.25) is 5.02 Å². The summed E-state index contributed by atoms with van der Waals surface area (Å²) in [6, 6.07) is 8.76. The van der Waals surface area contributed by atoms with E-state index in [1.165, 1.54) is 6.07 Å². The Hall–Kier alpha value is -2.80. The minimum atomic E-state index is -0.298. The quantitative estimate of drug-likeness (QED) is 0.682. The number of nitrogens with one attached hydrogen (secondary N) is 1. The van der Waals surface area contributed by atoms with Gasteiger partial charge in [0.05, 0.1) is 16.6 Å². The first-order valence-electron chi connectivity index (χ1n) is 10.2. The number of aromatic nitrogens is 3. The first-order valence-corrected chi connectivity index (χ1v) is 10.5. The molecule has 1 aliphatic heterocycles. The molecule has 0 saturated carbocycles. The summed E-state index contributed by atoms with van der Waals surface area (Å²) >= 11 is 5.92. The summed E-state index contributed by atoms with van der Waals surface area (Å²) < 4.78 is 7.78. The number of carbonyl (C=O) groups excluding carboxylic acids is 1. The first-order chi connectivity index (χ1) is 14.3. The van der Waals surface area contributed by atoms with Gasteiger partial charge in [0, 0.05) is 43.1 Å². The number of halogens is 1. The summed E-state index contributed by atoms with van der Waals surface area (Å²) in [5, 5.41) is 5.92. The number of H-pyrrole nitrogens is 1. The van der Waals surface area contributed by atoms with E-state index in [1.807, 2.05) is 32.9 Å². The molecule has 8 heteroatoms. The van der Waals surface area contributed by atoms with Crippen LogP contribution in [0.1, 0.15) is 48.8 Å². The SMILES string of the molecule is Cc1nn(C(C)C)c2[nH]c(=O)cc(C(=O)N3CCC(Oc4ccc(Cl)cc4)CC3)c12. The number of aromatic amines is 1. The Morgan fingerprint density at radius 3 is 2.53 bits per heavy atom. The average molecular weight is 429 g/mol. The number of hydrogen-bond acceptors (Lipinski definition) is 4. The molecule has 1 amide bonds. The van der Waals surface area contributed by atoms with Gasteiger partial charge in [0.25, 0.3) is 5.91 Å². The molecule has 1 N–H and O–H groups in total. The van der Waals surface area contributed by atoms with Gasteiger partial charge >= 0.3 is 0 Å². The summed E-state index contributed by atoms with van der Waals surface area (Å²) in [6.45, 7) is 6.99. The van der Waals surface area contributed by atoms with Crippen LogP contribution in [0.4, 0.5) is 0 Å². The Balaban J connectivity index is 1.52. The Labute approximate surface area is 179 Å². The smallest absolute Gasteiger partial charge is 0.254 e. The van der Waals surface area contributed by atoms with Crippen LogP contribution in [0.5, 0.6) is 5.75 Å². The summed E-state index contributed by atoms with van der Waals surface area (Å²) in [7, 11) is 0. The zero-order chi connectivity index (χ0) is 21.4. The number of hydrogen-bond donors (Lipinski definition) is 1. The van der Waals surface area contributed by atoms with Crippen LogP contribution >= 0.6 is 11.6 Å². The van der Waals surface area contributed by atoms with Crippen molar-refractivity contribution in [3.8, 4) is 5.75 Å². The minimum absolute atomic E-state index is 0.0415. The van der Waals surface area contributed by atoms with Gasteiger partial charge in [0.2, 0.25) is 5.56 Å². The Morgan fingerprint density at radius 1 is 1.23 bits per heavy atom. The van der Waals surface area contributed by atoms with Gasteiger partial charge in [-0.2, -0.15) is 5.10 Å². The van der Waals surface area contributed by atoms with Crippen molar-refractivity contribution in [2.24, 2.45) is 0 Å². The lowest BCUT2D eigenvalue weighted by Gasteiger charge is -2.32. The summed E-state index contributed by atoms with van der Waals surface area (Å²) in [5.41, 5.74) is 1.45. The highest BCUT2D eigenvalue weighted by Gasteiger charge is 2.27. The molecule has 1 aromatic carbocycles. The number of aryl methyl sites for hydroxylation is 1. The Kier molecular flexibility index (Phi) is 5.56. The van der Waals surface area contributed by atoms with E-state index in [1.54, 1.807) is 21.7 Å². The maximum atomic E-state index is 13.3. The molecule has 0 bridgehead atoms. The molecule has 0 aliphatic carbocycles. The van der Waals surface area contributed by atoms with Crippen molar-refractivity contribution in [1.82, 2.24) is 19.7 Å². The predicted octanol–water partition coefficient (Wildman–Crippen LogP) is 3.95. The second-order valence-corrected chi connectivity index (χ2v) is 8.39. The van der Waals surface area contributed by atoms with E-state index in [0.29, 0.717) is 34.7 Å². The number of fused-ring (bicyclic) bond motifs is 1. The molecular weight excluding hydrogens is 404 g/mol. The van der Waals surface area contributed by atoms with E-state index in [9.17, 15) is 9.59 Å². The molecule has 3 aromatic rings.